The maximum absolute atomic E-state index is 12.0. The molecule has 4 heteroatoms. The molecule has 2 fully saturated rings. The number of nitrogens with one attached hydrogen (secondary N) is 1. The van der Waals surface area contributed by atoms with Gasteiger partial charge in [0.15, 0.2) is 0 Å². The summed E-state index contributed by atoms with van der Waals surface area (Å²) < 4.78 is 5.52. The lowest BCUT2D eigenvalue weighted by Gasteiger charge is -2.26. The molecule has 1 heterocycles. The fraction of sp³-hybridized carbons (Fsp3) is 0.923. The second-order valence-corrected chi connectivity index (χ2v) is 5.62. The first-order valence-electron chi connectivity index (χ1n) is 6.79. The number of carbonyl (C=O) groups excluding carboxylic acids is 1. The van der Waals surface area contributed by atoms with Crippen molar-refractivity contribution in [3.05, 3.63) is 0 Å². The van der Waals surface area contributed by atoms with E-state index >= 15 is 0 Å². The van der Waals surface area contributed by atoms with Crippen LogP contribution < -0.4 is 5.32 Å². The first-order chi connectivity index (χ1) is 8.14. The van der Waals surface area contributed by atoms with Crippen LogP contribution in [-0.2, 0) is 4.74 Å². The molecule has 98 valence electrons. The number of likely N-dealkylation sites (N-methyl/N-ethyl adjacent to an activating group) is 1. The highest BCUT2D eigenvalue weighted by Gasteiger charge is 2.43. The molecule has 2 aliphatic rings. The van der Waals surface area contributed by atoms with Gasteiger partial charge in [-0.05, 0) is 26.8 Å². The molecule has 0 aromatic carbocycles. The van der Waals surface area contributed by atoms with Gasteiger partial charge in [-0.15, -0.1) is 0 Å². The van der Waals surface area contributed by atoms with Crippen LogP contribution in [0.1, 0.15) is 45.4 Å². The van der Waals surface area contributed by atoms with Gasteiger partial charge in [-0.3, -0.25) is 0 Å². The zero-order chi connectivity index (χ0) is 12.3. The van der Waals surface area contributed by atoms with Gasteiger partial charge in [0.05, 0.1) is 6.54 Å². The average Bonchev–Trinajstić information content (AvgIpc) is 2.49. The molecule has 1 saturated carbocycles. The first kappa shape index (κ1) is 12.7. The van der Waals surface area contributed by atoms with Gasteiger partial charge >= 0.3 is 6.09 Å². The summed E-state index contributed by atoms with van der Waals surface area (Å²) in [5, 5.41) is 3.10. The standard InChI is InChI=1S/C13H24N2O2/c1-13(9-14-2)10-15(12(16)17-13)11-7-5-3-4-6-8-11/h11,14H,3-10H2,1-2H3. The van der Waals surface area contributed by atoms with Crippen LogP contribution in [0.15, 0.2) is 0 Å². The van der Waals surface area contributed by atoms with E-state index < -0.39 is 0 Å². The topological polar surface area (TPSA) is 41.6 Å². The molecule has 4 nitrogen and oxygen atoms in total. The Morgan fingerprint density at radius 2 is 2.00 bits per heavy atom. The van der Waals surface area contributed by atoms with Crippen LogP contribution in [0.3, 0.4) is 0 Å². The Morgan fingerprint density at radius 1 is 1.35 bits per heavy atom. The smallest absolute Gasteiger partial charge is 0.410 e. The second kappa shape index (κ2) is 5.25. The minimum absolute atomic E-state index is 0.116. The molecule has 1 atom stereocenters. The number of rotatable bonds is 3. The monoisotopic (exact) mass is 240 g/mol. The Labute approximate surface area is 104 Å². The molecule has 17 heavy (non-hydrogen) atoms. The van der Waals surface area contributed by atoms with E-state index in [-0.39, 0.29) is 11.7 Å². The van der Waals surface area contributed by atoms with Gasteiger partial charge in [0.25, 0.3) is 0 Å². The first-order valence-corrected chi connectivity index (χ1v) is 6.79. The van der Waals surface area contributed by atoms with Gasteiger partial charge in [-0.25, -0.2) is 4.79 Å². The number of amides is 1. The van der Waals surface area contributed by atoms with Crippen molar-refractivity contribution in [2.45, 2.75) is 57.1 Å². The molecule has 1 saturated heterocycles. The molecular formula is C13H24N2O2. The number of hydrogen-bond acceptors (Lipinski definition) is 3. The summed E-state index contributed by atoms with van der Waals surface area (Å²) in [5.74, 6) is 0. The van der Waals surface area contributed by atoms with Crippen LogP contribution in [0.25, 0.3) is 0 Å². The maximum atomic E-state index is 12.0. The third-order valence-electron chi connectivity index (χ3n) is 3.89. The fourth-order valence-corrected chi connectivity index (χ4v) is 3.04. The number of cyclic esters (lactones) is 1. The summed E-state index contributed by atoms with van der Waals surface area (Å²) in [6, 6.07) is 0.406. The molecule has 1 aliphatic heterocycles. The molecule has 1 amide bonds. The van der Waals surface area contributed by atoms with Crippen molar-refractivity contribution < 1.29 is 9.53 Å². The van der Waals surface area contributed by atoms with Crippen molar-refractivity contribution in [1.82, 2.24) is 10.2 Å². The number of hydrogen-bond donors (Lipinski definition) is 1. The van der Waals surface area contributed by atoms with Crippen LogP contribution in [0.2, 0.25) is 0 Å². The average molecular weight is 240 g/mol. The summed E-state index contributed by atoms with van der Waals surface area (Å²) in [6.45, 7) is 3.47. The number of carbonyl (C=O) groups is 1. The SMILES string of the molecule is CNCC1(C)CN(C2CCCCCC2)C(=O)O1. The van der Waals surface area contributed by atoms with Gasteiger partial charge in [0, 0.05) is 12.6 Å². The summed E-state index contributed by atoms with van der Waals surface area (Å²) in [5.41, 5.74) is -0.349. The van der Waals surface area contributed by atoms with E-state index in [1.165, 1.54) is 25.7 Å². The predicted octanol–water partition coefficient (Wildman–Crippen LogP) is 2.14. The zero-order valence-electron chi connectivity index (χ0n) is 11.0. The molecule has 1 aliphatic carbocycles. The molecule has 2 rings (SSSR count). The van der Waals surface area contributed by atoms with E-state index in [1.807, 2.05) is 18.9 Å². The van der Waals surface area contributed by atoms with Crippen molar-refractivity contribution in [2.75, 3.05) is 20.1 Å². The van der Waals surface area contributed by atoms with Gasteiger partial charge in [0.1, 0.15) is 5.60 Å². The number of nitrogens with zero attached hydrogens (tertiary/aromatic N) is 1. The van der Waals surface area contributed by atoms with Crippen LogP contribution in [-0.4, -0.2) is 42.8 Å². The Balaban J connectivity index is 1.99. The summed E-state index contributed by atoms with van der Waals surface area (Å²) >= 11 is 0. The number of ether oxygens (including phenoxy) is 1. The van der Waals surface area contributed by atoms with Crippen molar-refractivity contribution >= 4 is 6.09 Å². The minimum Gasteiger partial charge on any atom is -0.440 e. The van der Waals surface area contributed by atoms with E-state index in [0.717, 1.165) is 25.9 Å². The van der Waals surface area contributed by atoms with Crippen molar-refractivity contribution in [3.8, 4) is 0 Å². The van der Waals surface area contributed by atoms with Crippen molar-refractivity contribution in [2.24, 2.45) is 0 Å². The lowest BCUT2D eigenvalue weighted by molar-refractivity contribution is 0.0726. The van der Waals surface area contributed by atoms with Gasteiger partial charge < -0.3 is 15.0 Å². The molecule has 0 spiro atoms. The molecular weight excluding hydrogens is 216 g/mol. The quantitative estimate of drug-likeness (QED) is 0.768. The Hall–Kier alpha value is -0.770. The summed E-state index contributed by atoms with van der Waals surface area (Å²) in [4.78, 5) is 13.9. The molecule has 0 aromatic rings. The molecule has 0 radical (unpaired) electrons. The summed E-state index contributed by atoms with van der Waals surface area (Å²) in [6.07, 6.45) is 7.29. The van der Waals surface area contributed by atoms with Crippen LogP contribution in [0, 0.1) is 0 Å². The van der Waals surface area contributed by atoms with Crippen LogP contribution in [0.4, 0.5) is 4.79 Å². The highest BCUT2D eigenvalue weighted by molar-refractivity contribution is 5.71. The van der Waals surface area contributed by atoms with Crippen molar-refractivity contribution in [3.63, 3.8) is 0 Å². The largest absolute Gasteiger partial charge is 0.440 e. The van der Waals surface area contributed by atoms with Crippen LogP contribution in [0.5, 0.6) is 0 Å². The highest BCUT2D eigenvalue weighted by Crippen LogP contribution is 2.29. The van der Waals surface area contributed by atoms with Crippen LogP contribution >= 0.6 is 0 Å². The lowest BCUT2D eigenvalue weighted by Crippen LogP contribution is -2.42. The molecule has 0 aromatic heterocycles. The van der Waals surface area contributed by atoms with Crippen molar-refractivity contribution in [1.29, 1.82) is 0 Å². The van der Waals surface area contributed by atoms with E-state index in [1.54, 1.807) is 0 Å². The highest BCUT2D eigenvalue weighted by atomic mass is 16.6. The van der Waals surface area contributed by atoms with E-state index in [0.29, 0.717) is 6.04 Å². The summed E-state index contributed by atoms with van der Waals surface area (Å²) in [7, 11) is 1.90. The third kappa shape index (κ3) is 2.92. The van der Waals surface area contributed by atoms with E-state index in [9.17, 15) is 4.79 Å². The minimum atomic E-state index is -0.349. The molecule has 0 bridgehead atoms. The normalized spacial score (nSPS) is 31.4. The van der Waals surface area contributed by atoms with E-state index in [2.05, 4.69) is 5.32 Å². The Kier molecular flexibility index (Phi) is 3.92. The fourth-order valence-electron chi connectivity index (χ4n) is 3.04. The van der Waals surface area contributed by atoms with E-state index in [4.69, 9.17) is 4.74 Å². The Morgan fingerprint density at radius 3 is 2.59 bits per heavy atom. The maximum Gasteiger partial charge on any atom is 0.410 e. The lowest BCUT2D eigenvalue weighted by atomic mass is 10.0. The van der Waals surface area contributed by atoms with Gasteiger partial charge in [0.2, 0.25) is 0 Å². The zero-order valence-corrected chi connectivity index (χ0v) is 11.0. The van der Waals surface area contributed by atoms with Gasteiger partial charge in [-0.1, -0.05) is 25.7 Å². The predicted molar refractivity (Wildman–Crippen MR) is 67.0 cm³/mol. The second-order valence-electron chi connectivity index (χ2n) is 5.62. The third-order valence-corrected chi connectivity index (χ3v) is 3.89. The van der Waals surface area contributed by atoms with Gasteiger partial charge in [-0.2, -0.15) is 0 Å². The molecule has 1 unspecified atom stereocenters. The molecule has 1 N–H and O–H groups in total. The Bertz CT molecular complexity index is 275.